The van der Waals surface area contributed by atoms with Crippen LogP contribution in [0, 0.1) is 0 Å². The quantitative estimate of drug-likeness (QED) is 0.856. The molecule has 1 atom stereocenters. The Hall–Kier alpha value is -2.14. The lowest BCUT2D eigenvalue weighted by Gasteiger charge is -2.25. The van der Waals surface area contributed by atoms with Crippen LogP contribution in [0.3, 0.4) is 0 Å². The number of sulfone groups is 1. The van der Waals surface area contributed by atoms with E-state index in [1.54, 1.807) is 24.3 Å². The maximum atomic E-state index is 12.9. The van der Waals surface area contributed by atoms with Crippen LogP contribution in [-0.2, 0) is 15.6 Å². The van der Waals surface area contributed by atoms with Gasteiger partial charge in [-0.15, -0.1) is 0 Å². The van der Waals surface area contributed by atoms with Crippen molar-refractivity contribution in [3.05, 3.63) is 71.3 Å². The molecule has 1 aliphatic rings. The van der Waals surface area contributed by atoms with Gasteiger partial charge in [0.1, 0.15) is 0 Å². The molecule has 1 amide bonds. The van der Waals surface area contributed by atoms with Gasteiger partial charge < -0.3 is 4.90 Å². The zero-order valence-corrected chi connectivity index (χ0v) is 14.5. The maximum absolute atomic E-state index is 12.9. The summed E-state index contributed by atoms with van der Waals surface area (Å²) in [5, 5.41) is 0. The molecule has 2 aromatic carbocycles. The SMILES string of the molecule is CS(=O)(=O)Cc1cccc(C(=O)N2CCCC2c2ccccc2)c1. The van der Waals surface area contributed by atoms with Crippen LogP contribution in [0.25, 0.3) is 0 Å². The number of carbonyl (C=O) groups excluding carboxylic acids is 1. The van der Waals surface area contributed by atoms with Gasteiger partial charge in [-0.3, -0.25) is 4.79 Å². The van der Waals surface area contributed by atoms with Crippen molar-refractivity contribution in [1.82, 2.24) is 4.90 Å². The fourth-order valence-electron chi connectivity index (χ4n) is 3.29. The Morgan fingerprint density at radius 3 is 2.58 bits per heavy atom. The van der Waals surface area contributed by atoms with Crippen molar-refractivity contribution >= 4 is 15.7 Å². The number of hydrogen-bond donors (Lipinski definition) is 0. The summed E-state index contributed by atoms with van der Waals surface area (Å²) >= 11 is 0. The average molecular weight is 343 g/mol. The molecule has 126 valence electrons. The zero-order chi connectivity index (χ0) is 17.2. The van der Waals surface area contributed by atoms with Crippen LogP contribution in [0.5, 0.6) is 0 Å². The van der Waals surface area contributed by atoms with Crippen molar-refractivity contribution < 1.29 is 13.2 Å². The molecular formula is C19H21NO3S. The van der Waals surface area contributed by atoms with Crippen LogP contribution in [0.15, 0.2) is 54.6 Å². The summed E-state index contributed by atoms with van der Waals surface area (Å²) in [5.41, 5.74) is 2.36. The van der Waals surface area contributed by atoms with Gasteiger partial charge in [-0.05, 0) is 36.1 Å². The molecule has 0 bridgehead atoms. The first-order valence-electron chi connectivity index (χ1n) is 8.06. The molecule has 0 spiro atoms. The lowest BCUT2D eigenvalue weighted by Crippen LogP contribution is -2.30. The third-order valence-corrected chi connectivity index (χ3v) is 5.16. The molecule has 1 fully saturated rings. The molecule has 4 nitrogen and oxygen atoms in total. The maximum Gasteiger partial charge on any atom is 0.254 e. The molecule has 0 saturated carbocycles. The van der Waals surface area contributed by atoms with Crippen molar-refractivity contribution in [2.45, 2.75) is 24.6 Å². The minimum atomic E-state index is -3.12. The first-order chi connectivity index (χ1) is 11.4. The molecular weight excluding hydrogens is 322 g/mol. The first kappa shape index (κ1) is 16.7. The molecule has 1 unspecified atom stereocenters. The van der Waals surface area contributed by atoms with Gasteiger partial charge in [0.15, 0.2) is 9.84 Å². The predicted molar refractivity (Wildman–Crippen MR) is 94.4 cm³/mol. The Bertz CT molecular complexity index is 831. The number of likely N-dealkylation sites (tertiary alicyclic amines) is 1. The normalized spacial score (nSPS) is 17.9. The second kappa shape index (κ2) is 6.77. The summed E-state index contributed by atoms with van der Waals surface area (Å²) in [7, 11) is -3.12. The Morgan fingerprint density at radius 1 is 1.12 bits per heavy atom. The summed E-state index contributed by atoms with van der Waals surface area (Å²) in [5.74, 6) is -0.0762. The van der Waals surface area contributed by atoms with Gasteiger partial charge in [0.25, 0.3) is 5.91 Å². The van der Waals surface area contributed by atoms with Crippen molar-refractivity contribution in [2.75, 3.05) is 12.8 Å². The summed E-state index contributed by atoms with van der Waals surface area (Å²) in [6.07, 6.45) is 3.14. The second-order valence-electron chi connectivity index (χ2n) is 6.34. The minimum Gasteiger partial charge on any atom is -0.332 e. The monoisotopic (exact) mass is 343 g/mol. The summed E-state index contributed by atoms with van der Waals surface area (Å²) < 4.78 is 23.0. The first-order valence-corrected chi connectivity index (χ1v) is 10.1. The third-order valence-electron chi connectivity index (χ3n) is 4.30. The lowest BCUT2D eigenvalue weighted by atomic mass is 10.0. The summed E-state index contributed by atoms with van der Waals surface area (Å²) in [6.45, 7) is 0.731. The van der Waals surface area contributed by atoms with E-state index in [-0.39, 0.29) is 17.7 Å². The van der Waals surface area contributed by atoms with E-state index in [0.29, 0.717) is 11.1 Å². The van der Waals surface area contributed by atoms with Crippen LogP contribution < -0.4 is 0 Å². The van der Waals surface area contributed by atoms with E-state index < -0.39 is 9.84 Å². The van der Waals surface area contributed by atoms with E-state index in [2.05, 4.69) is 12.1 Å². The lowest BCUT2D eigenvalue weighted by molar-refractivity contribution is 0.0735. The highest BCUT2D eigenvalue weighted by atomic mass is 32.2. The van der Waals surface area contributed by atoms with E-state index in [0.717, 1.165) is 24.9 Å². The smallest absolute Gasteiger partial charge is 0.254 e. The van der Waals surface area contributed by atoms with E-state index in [9.17, 15) is 13.2 Å². The van der Waals surface area contributed by atoms with E-state index in [1.165, 1.54) is 6.26 Å². The van der Waals surface area contributed by atoms with Gasteiger partial charge in [-0.1, -0.05) is 42.5 Å². The van der Waals surface area contributed by atoms with Gasteiger partial charge >= 0.3 is 0 Å². The number of hydrogen-bond acceptors (Lipinski definition) is 3. The molecule has 1 heterocycles. The molecule has 2 aromatic rings. The minimum absolute atomic E-state index is 0.0308. The molecule has 0 N–H and O–H groups in total. The predicted octanol–water partition coefficient (Wildman–Crippen LogP) is 3.21. The highest BCUT2D eigenvalue weighted by Gasteiger charge is 2.30. The van der Waals surface area contributed by atoms with Gasteiger partial charge in [0, 0.05) is 18.4 Å². The molecule has 0 aromatic heterocycles. The molecule has 3 rings (SSSR count). The van der Waals surface area contributed by atoms with Crippen LogP contribution in [0.1, 0.15) is 40.4 Å². The number of amides is 1. The largest absolute Gasteiger partial charge is 0.332 e. The molecule has 0 radical (unpaired) electrons. The van der Waals surface area contributed by atoms with E-state index in [4.69, 9.17) is 0 Å². The highest BCUT2D eigenvalue weighted by Crippen LogP contribution is 2.33. The van der Waals surface area contributed by atoms with Crippen molar-refractivity contribution in [1.29, 1.82) is 0 Å². The van der Waals surface area contributed by atoms with Crippen LogP contribution in [-0.4, -0.2) is 32.0 Å². The van der Waals surface area contributed by atoms with E-state index >= 15 is 0 Å². The van der Waals surface area contributed by atoms with Gasteiger partial charge in [-0.2, -0.15) is 0 Å². The molecule has 0 aliphatic carbocycles. The third kappa shape index (κ3) is 3.85. The fourth-order valence-corrected chi connectivity index (χ4v) is 4.08. The second-order valence-corrected chi connectivity index (χ2v) is 8.48. The molecule has 24 heavy (non-hydrogen) atoms. The summed E-state index contributed by atoms with van der Waals surface area (Å²) in [6, 6.07) is 17.1. The van der Waals surface area contributed by atoms with Gasteiger partial charge in [0.05, 0.1) is 11.8 Å². The number of nitrogens with zero attached hydrogens (tertiary/aromatic N) is 1. The van der Waals surface area contributed by atoms with Crippen molar-refractivity contribution in [3.8, 4) is 0 Å². The van der Waals surface area contributed by atoms with Gasteiger partial charge in [-0.25, -0.2) is 8.42 Å². The van der Waals surface area contributed by atoms with E-state index in [1.807, 2.05) is 23.1 Å². The Morgan fingerprint density at radius 2 is 1.88 bits per heavy atom. The van der Waals surface area contributed by atoms with Crippen LogP contribution in [0.4, 0.5) is 0 Å². The Labute approximate surface area is 143 Å². The molecule has 5 heteroatoms. The van der Waals surface area contributed by atoms with Crippen LogP contribution in [0.2, 0.25) is 0 Å². The topological polar surface area (TPSA) is 54.5 Å². The standard InChI is InChI=1S/C19H21NO3S/c1-24(22,23)14-15-7-5-10-17(13-15)19(21)20-12-6-11-18(20)16-8-3-2-4-9-16/h2-5,7-10,13,18H,6,11-12,14H2,1H3. The van der Waals surface area contributed by atoms with Crippen molar-refractivity contribution in [2.24, 2.45) is 0 Å². The number of rotatable bonds is 4. The molecule has 1 aliphatic heterocycles. The number of benzene rings is 2. The van der Waals surface area contributed by atoms with Crippen molar-refractivity contribution in [3.63, 3.8) is 0 Å². The average Bonchev–Trinajstić information content (AvgIpc) is 3.03. The zero-order valence-electron chi connectivity index (χ0n) is 13.7. The molecule has 1 saturated heterocycles. The fraction of sp³-hybridized carbons (Fsp3) is 0.316. The van der Waals surface area contributed by atoms with Crippen LogP contribution >= 0.6 is 0 Å². The Balaban J connectivity index is 1.84. The highest BCUT2D eigenvalue weighted by molar-refractivity contribution is 7.89. The summed E-state index contributed by atoms with van der Waals surface area (Å²) in [4.78, 5) is 14.8. The Kier molecular flexibility index (Phi) is 4.71. The van der Waals surface area contributed by atoms with Gasteiger partial charge in [0.2, 0.25) is 0 Å². The number of carbonyl (C=O) groups is 1.